The highest BCUT2D eigenvalue weighted by Gasteiger charge is 2.33. The SMILES string of the molecule is CCOC(=O)c1c2c(n(C)c1C)-c1nc(NC3C=CC(C(=O)NC(C)CCN(C)CC)CC3OC)ncc1CC2. The van der Waals surface area contributed by atoms with Crippen LogP contribution in [0.25, 0.3) is 11.4 Å². The smallest absolute Gasteiger partial charge is 0.340 e. The van der Waals surface area contributed by atoms with Crippen LogP contribution in [0.15, 0.2) is 18.3 Å². The van der Waals surface area contributed by atoms with Crippen molar-refractivity contribution in [3.8, 4) is 11.4 Å². The Morgan fingerprint density at radius 1 is 1.25 bits per heavy atom. The fraction of sp³-hybridized carbons (Fsp3) is 0.600. The summed E-state index contributed by atoms with van der Waals surface area (Å²) in [7, 11) is 5.71. The van der Waals surface area contributed by atoms with Gasteiger partial charge in [-0.25, -0.2) is 14.8 Å². The lowest BCUT2D eigenvalue weighted by atomic mass is 9.89. The molecule has 10 nitrogen and oxygen atoms in total. The molecule has 0 saturated heterocycles. The minimum Gasteiger partial charge on any atom is -0.462 e. The lowest BCUT2D eigenvalue weighted by molar-refractivity contribution is -0.125. The lowest BCUT2D eigenvalue weighted by Crippen LogP contribution is -2.44. The van der Waals surface area contributed by atoms with Crippen LogP contribution in [0.4, 0.5) is 5.95 Å². The molecule has 0 fully saturated rings. The van der Waals surface area contributed by atoms with E-state index in [1.165, 1.54) is 0 Å². The molecule has 2 aromatic heterocycles. The number of nitrogens with one attached hydrogen (secondary N) is 2. The van der Waals surface area contributed by atoms with Gasteiger partial charge in [0.1, 0.15) is 0 Å². The number of carbonyl (C=O) groups excluding carboxylic acids is 2. The summed E-state index contributed by atoms with van der Waals surface area (Å²) < 4.78 is 13.2. The topological polar surface area (TPSA) is 111 Å². The number of aromatic nitrogens is 3. The highest BCUT2D eigenvalue weighted by Crippen LogP contribution is 2.37. The van der Waals surface area contributed by atoms with Crippen LogP contribution in [0.3, 0.4) is 0 Å². The van der Waals surface area contributed by atoms with Gasteiger partial charge in [0.15, 0.2) is 0 Å². The van der Waals surface area contributed by atoms with Crippen molar-refractivity contribution in [3.63, 3.8) is 0 Å². The van der Waals surface area contributed by atoms with Gasteiger partial charge >= 0.3 is 5.97 Å². The first-order valence-corrected chi connectivity index (χ1v) is 14.4. The summed E-state index contributed by atoms with van der Waals surface area (Å²) in [6.45, 7) is 10.2. The molecule has 2 aliphatic rings. The minimum atomic E-state index is -0.288. The molecule has 0 aromatic carbocycles. The van der Waals surface area contributed by atoms with Gasteiger partial charge in [0.05, 0.1) is 41.6 Å². The number of hydrogen-bond acceptors (Lipinski definition) is 8. The molecule has 0 radical (unpaired) electrons. The molecule has 1 amide bonds. The highest BCUT2D eigenvalue weighted by atomic mass is 16.5. The molecule has 0 bridgehead atoms. The first kappa shape index (κ1) is 29.7. The van der Waals surface area contributed by atoms with Gasteiger partial charge < -0.3 is 29.6 Å². The van der Waals surface area contributed by atoms with Crippen molar-refractivity contribution >= 4 is 17.8 Å². The van der Waals surface area contributed by atoms with Crippen LogP contribution in [-0.2, 0) is 34.2 Å². The van der Waals surface area contributed by atoms with Gasteiger partial charge in [-0.1, -0.05) is 19.1 Å². The Labute approximate surface area is 237 Å². The summed E-state index contributed by atoms with van der Waals surface area (Å²) in [5.74, 6) is -0.0351. The van der Waals surface area contributed by atoms with Crippen LogP contribution in [0.1, 0.15) is 60.8 Å². The first-order valence-electron chi connectivity index (χ1n) is 14.4. The maximum absolute atomic E-state index is 13.0. The standard InChI is InChI=1S/C30H44N6O4/c1-8-35(5)15-14-18(3)32-28(37)20-11-13-23(24(16-20)39-7)33-30-31-17-21-10-12-22-25(29(38)40-9-2)19(4)36(6)27(22)26(21)34-30/h11,13,17-18,20,23-24H,8-10,12,14-16H2,1-7H3,(H,32,37)(H,31,33,34). The molecule has 4 rings (SSSR count). The second-order valence-electron chi connectivity index (χ2n) is 10.9. The van der Waals surface area contributed by atoms with Crippen LogP contribution in [0, 0.1) is 12.8 Å². The van der Waals surface area contributed by atoms with Gasteiger partial charge in [-0.2, -0.15) is 0 Å². The van der Waals surface area contributed by atoms with Crippen molar-refractivity contribution in [2.45, 2.75) is 71.6 Å². The number of amides is 1. The molecule has 0 aliphatic heterocycles. The number of esters is 1. The average molecular weight is 553 g/mol. The number of nitrogens with zero attached hydrogens (tertiary/aromatic N) is 4. The zero-order valence-electron chi connectivity index (χ0n) is 24.9. The van der Waals surface area contributed by atoms with Crippen molar-refractivity contribution in [2.24, 2.45) is 13.0 Å². The summed E-state index contributed by atoms with van der Waals surface area (Å²) in [6, 6.07) is -0.0814. The Kier molecular flexibility index (Phi) is 9.63. The largest absolute Gasteiger partial charge is 0.462 e. The quantitative estimate of drug-likeness (QED) is 0.323. The molecule has 0 spiro atoms. The number of ether oxygens (including phenoxy) is 2. The van der Waals surface area contributed by atoms with Crippen LogP contribution in [-0.4, -0.2) is 83.4 Å². The van der Waals surface area contributed by atoms with Crippen molar-refractivity contribution in [1.82, 2.24) is 24.8 Å². The maximum Gasteiger partial charge on any atom is 0.340 e. The summed E-state index contributed by atoms with van der Waals surface area (Å²) in [5.41, 5.74) is 5.30. The van der Waals surface area contributed by atoms with Crippen molar-refractivity contribution in [3.05, 3.63) is 40.7 Å². The number of methoxy groups -OCH3 is 1. The molecular weight excluding hydrogens is 508 g/mol. The molecule has 2 N–H and O–H groups in total. The molecule has 2 aliphatic carbocycles. The van der Waals surface area contributed by atoms with E-state index in [0.29, 0.717) is 24.5 Å². The van der Waals surface area contributed by atoms with E-state index in [1.54, 1.807) is 7.11 Å². The van der Waals surface area contributed by atoms with Gasteiger partial charge in [0.25, 0.3) is 0 Å². The molecule has 10 heteroatoms. The second-order valence-corrected chi connectivity index (χ2v) is 10.9. The van der Waals surface area contributed by atoms with Gasteiger partial charge in [-0.05, 0) is 77.7 Å². The summed E-state index contributed by atoms with van der Waals surface area (Å²) in [4.78, 5) is 37.4. The summed E-state index contributed by atoms with van der Waals surface area (Å²) in [5, 5.41) is 6.57. The molecule has 40 heavy (non-hydrogen) atoms. The van der Waals surface area contributed by atoms with Gasteiger partial charge in [0.2, 0.25) is 11.9 Å². The first-order chi connectivity index (χ1) is 19.2. The predicted octanol–water partition coefficient (Wildman–Crippen LogP) is 3.28. The Hall–Kier alpha value is -3.24. The number of aryl methyl sites for hydroxylation is 1. The molecule has 2 aromatic rings. The third kappa shape index (κ3) is 6.23. The van der Waals surface area contributed by atoms with Gasteiger partial charge in [0, 0.05) is 32.1 Å². The van der Waals surface area contributed by atoms with Crippen molar-refractivity contribution < 1.29 is 19.1 Å². The summed E-state index contributed by atoms with van der Waals surface area (Å²) >= 11 is 0. The van der Waals surface area contributed by atoms with E-state index in [-0.39, 0.29) is 36.0 Å². The molecule has 2 heterocycles. The van der Waals surface area contributed by atoms with Crippen molar-refractivity contribution in [2.75, 3.05) is 39.2 Å². The van der Waals surface area contributed by atoms with E-state index in [4.69, 9.17) is 14.5 Å². The van der Waals surface area contributed by atoms with Crippen LogP contribution < -0.4 is 10.6 Å². The van der Waals surface area contributed by atoms with E-state index in [2.05, 4.69) is 41.4 Å². The van der Waals surface area contributed by atoms with E-state index >= 15 is 0 Å². The Morgan fingerprint density at radius 3 is 2.73 bits per heavy atom. The third-order valence-electron chi connectivity index (χ3n) is 8.25. The predicted molar refractivity (Wildman–Crippen MR) is 155 cm³/mol. The normalized spacial score (nSPS) is 20.6. The number of anilines is 1. The Bertz CT molecular complexity index is 1260. The minimum absolute atomic E-state index is 0.0254. The fourth-order valence-electron chi connectivity index (χ4n) is 5.59. The molecule has 4 atom stereocenters. The van der Waals surface area contributed by atoms with E-state index < -0.39 is 0 Å². The highest BCUT2D eigenvalue weighted by molar-refractivity contribution is 5.95. The van der Waals surface area contributed by atoms with Crippen LogP contribution in [0.5, 0.6) is 0 Å². The monoisotopic (exact) mass is 552 g/mol. The van der Waals surface area contributed by atoms with Gasteiger partial charge in [-0.15, -0.1) is 0 Å². The summed E-state index contributed by atoms with van der Waals surface area (Å²) in [6.07, 6.45) is 8.55. The maximum atomic E-state index is 13.0. The second kappa shape index (κ2) is 13.0. The van der Waals surface area contributed by atoms with Gasteiger partial charge in [-0.3, -0.25) is 4.79 Å². The molecule has 218 valence electrons. The molecule has 4 unspecified atom stereocenters. The molecule has 0 saturated carbocycles. The third-order valence-corrected chi connectivity index (χ3v) is 8.25. The average Bonchev–Trinajstić information content (AvgIpc) is 3.21. The zero-order valence-corrected chi connectivity index (χ0v) is 24.9. The van der Waals surface area contributed by atoms with E-state index in [0.717, 1.165) is 60.6 Å². The number of fused-ring (bicyclic) bond motifs is 3. The lowest BCUT2D eigenvalue weighted by Gasteiger charge is -2.31. The number of hydrogen-bond donors (Lipinski definition) is 2. The Morgan fingerprint density at radius 2 is 2.02 bits per heavy atom. The number of rotatable bonds is 11. The Balaban J connectivity index is 1.49. The number of carbonyl (C=O) groups is 2. The zero-order chi connectivity index (χ0) is 29.0. The van der Waals surface area contributed by atoms with Crippen LogP contribution >= 0.6 is 0 Å². The van der Waals surface area contributed by atoms with E-state index in [1.807, 2.05) is 43.8 Å². The molecular formula is C30H44N6O4. The fourth-order valence-corrected chi connectivity index (χ4v) is 5.59. The van der Waals surface area contributed by atoms with E-state index in [9.17, 15) is 9.59 Å². The van der Waals surface area contributed by atoms with Crippen LogP contribution in [0.2, 0.25) is 0 Å². The van der Waals surface area contributed by atoms with Crippen molar-refractivity contribution in [1.29, 1.82) is 0 Å².